The van der Waals surface area contributed by atoms with Gasteiger partial charge in [-0.05, 0) is 12.1 Å². The van der Waals surface area contributed by atoms with Crippen molar-refractivity contribution in [1.82, 2.24) is 9.97 Å². The molecule has 88 valence electrons. The van der Waals surface area contributed by atoms with Crippen molar-refractivity contribution in [3.63, 3.8) is 0 Å². The lowest BCUT2D eigenvalue weighted by Crippen LogP contribution is -2.01. The average Bonchev–Trinajstić information content (AvgIpc) is 2.35. The first-order valence-corrected chi connectivity index (χ1v) is 5.05. The molecule has 1 aromatic carbocycles. The Hall–Kier alpha value is -2.50. The van der Waals surface area contributed by atoms with Crippen LogP contribution in [0.3, 0.4) is 0 Å². The molecule has 1 heterocycles. The third kappa shape index (κ3) is 2.36. The molecule has 6 nitrogen and oxygen atoms in total. The summed E-state index contributed by atoms with van der Waals surface area (Å²) in [6.45, 7) is 0. The summed E-state index contributed by atoms with van der Waals surface area (Å²) in [6.07, 6.45) is 3.27. The van der Waals surface area contributed by atoms with Crippen LogP contribution in [-0.2, 0) is 0 Å². The number of nitrogens with two attached hydrogens (primary N) is 1. The first kappa shape index (κ1) is 11.0. The van der Waals surface area contributed by atoms with E-state index < -0.39 is 0 Å². The molecule has 1 aromatic heterocycles. The summed E-state index contributed by atoms with van der Waals surface area (Å²) in [5, 5.41) is 15.5. The van der Waals surface area contributed by atoms with Crippen molar-refractivity contribution in [2.24, 2.45) is 0 Å². The summed E-state index contributed by atoms with van der Waals surface area (Å²) in [5.41, 5.74) is 7.35. The smallest absolute Gasteiger partial charge is 0.227 e. The lowest BCUT2D eigenvalue weighted by Gasteiger charge is -2.12. The van der Waals surface area contributed by atoms with Crippen molar-refractivity contribution >= 4 is 23.0 Å². The molecule has 0 spiro atoms. The predicted molar refractivity (Wildman–Crippen MR) is 67.4 cm³/mol. The zero-order valence-corrected chi connectivity index (χ0v) is 9.31. The Bertz CT molecular complexity index is 515. The van der Waals surface area contributed by atoms with E-state index in [1.165, 1.54) is 0 Å². The van der Waals surface area contributed by atoms with Crippen molar-refractivity contribution in [2.75, 3.05) is 23.4 Å². The number of benzene rings is 1. The Morgan fingerprint density at radius 3 is 2.53 bits per heavy atom. The second kappa shape index (κ2) is 4.56. The number of phenols is 1. The standard InChI is InChI=1S/C11H13N5O/c1-13-8-6-10(17)7(12)5-9(8)16-11-14-3-2-4-15-11/h2-6,13,17H,12H2,1H3,(H,14,15,16). The van der Waals surface area contributed by atoms with E-state index in [1.54, 1.807) is 37.6 Å². The van der Waals surface area contributed by atoms with Crippen LogP contribution in [0.1, 0.15) is 0 Å². The van der Waals surface area contributed by atoms with Gasteiger partial charge < -0.3 is 21.5 Å². The summed E-state index contributed by atoms with van der Waals surface area (Å²) >= 11 is 0. The number of aromatic nitrogens is 2. The average molecular weight is 231 g/mol. The molecule has 0 fully saturated rings. The maximum Gasteiger partial charge on any atom is 0.227 e. The molecule has 0 saturated carbocycles. The third-order valence-electron chi connectivity index (χ3n) is 2.25. The van der Waals surface area contributed by atoms with Crippen LogP contribution in [0.5, 0.6) is 5.75 Å². The number of nitrogens with one attached hydrogen (secondary N) is 2. The maximum absolute atomic E-state index is 9.50. The fourth-order valence-corrected chi connectivity index (χ4v) is 1.40. The molecular formula is C11H13N5O. The number of aromatic hydroxyl groups is 1. The van der Waals surface area contributed by atoms with Gasteiger partial charge >= 0.3 is 0 Å². The van der Waals surface area contributed by atoms with Crippen LogP contribution in [0.15, 0.2) is 30.6 Å². The maximum atomic E-state index is 9.50. The van der Waals surface area contributed by atoms with Gasteiger partial charge in [0.05, 0.1) is 17.1 Å². The number of phenolic OH excluding ortho intramolecular Hbond substituents is 1. The molecule has 0 unspecified atom stereocenters. The van der Waals surface area contributed by atoms with Crippen LogP contribution >= 0.6 is 0 Å². The van der Waals surface area contributed by atoms with Gasteiger partial charge in [-0.25, -0.2) is 9.97 Å². The highest BCUT2D eigenvalue weighted by Crippen LogP contribution is 2.32. The number of nitrogens with zero attached hydrogens (tertiary/aromatic N) is 2. The summed E-state index contributed by atoms with van der Waals surface area (Å²) in [5.74, 6) is 0.503. The molecule has 0 aliphatic rings. The molecule has 5 N–H and O–H groups in total. The van der Waals surface area contributed by atoms with Crippen LogP contribution in [0, 0.1) is 0 Å². The van der Waals surface area contributed by atoms with E-state index in [0.717, 1.165) is 0 Å². The molecule has 6 heteroatoms. The molecule has 0 radical (unpaired) electrons. The molecule has 0 aliphatic heterocycles. The number of hydrogen-bond donors (Lipinski definition) is 4. The summed E-state index contributed by atoms with van der Waals surface area (Å²) in [4.78, 5) is 8.10. The Balaban J connectivity index is 2.35. The van der Waals surface area contributed by atoms with Crippen molar-refractivity contribution in [2.45, 2.75) is 0 Å². The van der Waals surface area contributed by atoms with Gasteiger partial charge in [0.15, 0.2) is 0 Å². The lowest BCUT2D eigenvalue weighted by atomic mass is 10.2. The van der Waals surface area contributed by atoms with Gasteiger partial charge in [0.2, 0.25) is 5.95 Å². The van der Waals surface area contributed by atoms with Crippen LogP contribution in [0.25, 0.3) is 0 Å². The van der Waals surface area contributed by atoms with Crippen molar-refractivity contribution in [3.8, 4) is 5.75 Å². The number of nitrogen functional groups attached to an aromatic ring is 1. The fraction of sp³-hybridized carbons (Fsp3) is 0.0909. The van der Waals surface area contributed by atoms with Gasteiger partial charge in [0, 0.05) is 25.5 Å². The number of anilines is 4. The highest BCUT2D eigenvalue weighted by molar-refractivity contribution is 5.79. The van der Waals surface area contributed by atoms with Crippen LogP contribution < -0.4 is 16.4 Å². The van der Waals surface area contributed by atoms with Crippen LogP contribution in [0.2, 0.25) is 0 Å². The Morgan fingerprint density at radius 1 is 1.18 bits per heavy atom. The van der Waals surface area contributed by atoms with E-state index in [9.17, 15) is 5.11 Å². The van der Waals surface area contributed by atoms with Crippen molar-refractivity contribution in [1.29, 1.82) is 0 Å². The highest BCUT2D eigenvalue weighted by Gasteiger charge is 2.07. The van der Waals surface area contributed by atoms with Gasteiger partial charge in [-0.15, -0.1) is 0 Å². The van der Waals surface area contributed by atoms with E-state index >= 15 is 0 Å². The predicted octanol–water partition coefficient (Wildman–Crippen LogP) is 1.55. The summed E-state index contributed by atoms with van der Waals surface area (Å²) < 4.78 is 0. The Labute approximate surface area is 98.5 Å². The molecule has 0 atom stereocenters. The summed E-state index contributed by atoms with van der Waals surface area (Å²) in [6, 6.07) is 4.90. The zero-order chi connectivity index (χ0) is 12.3. The van der Waals surface area contributed by atoms with E-state index in [0.29, 0.717) is 23.0 Å². The van der Waals surface area contributed by atoms with E-state index in [4.69, 9.17) is 5.73 Å². The van der Waals surface area contributed by atoms with Gasteiger partial charge in [0.1, 0.15) is 5.75 Å². The first-order chi connectivity index (χ1) is 8.20. The zero-order valence-electron chi connectivity index (χ0n) is 9.31. The van der Waals surface area contributed by atoms with Crippen molar-refractivity contribution in [3.05, 3.63) is 30.6 Å². The van der Waals surface area contributed by atoms with Gasteiger partial charge in [-0.2, -0.15) is 0 Å². The van der Waals surface area contributed by atoms with Crippen LogP contribution in [0.4, 0.5) is 23.0 Å². The molecule has 2 aromatic rings. The summed E-state index contributed by atoms with van der Waals surface area (Å²) in [7, 11) is 1.75. The van der Waals surface area contributed by atoms with E-state index in [1.807, 2.05) is 0 Å². The lowest BCUT2D eigenvalue weighted by molar-refractivity contribution is 0.478. The quantitative estimate of drug-likeness (QED) is 0.363. The second-order valence-corrected chi connectivity index (χ2v) is 3.40. The van der Waals surface area contributed by atoms with E-state index in [2.05, 4.69) is 20.6 Å². The molecule has 2 rings (SSSR count). The topological polar surface area (TPSA) is 96.1 Å². The molecule has 0 amide bonds. The van der Waals surface area contributed by atoms with Gasteiger partial charge in [0.25, 0.3) is 0 Å². The second-order valence-electron chi connectivity index (χ2n) is 3.40. The minimum atomic E-state index is 0.0360. The molecule has 17 heavy (non-hydrogen) atoms. The molecule has 0 saturated heterocycles. The van der Waals surface area contributed by atoms with Gasteiger partial charge in [-0.1, -0.05) is 0 Å². The molecule has 0 aliphatic carbocycles. The van der Waals surface area contributed by atoms with Crippen LogP contribution in [-0.4, -0.2) is 22.1 Å². The Kier molecular flexibility index (Phi) is 2.95. The van der Waals surface area contributed by atoms with E-state index in [-0.39, 0.29) is 5.75 Å². The fourth-order valence-electron chi connectivity index (χ4n) is 1.40. The number of hydrogen-bond acceptors (Lipinski definition) is 6. The monoisotopic (exact) mass is 231 g/mol. The Morgan fingerprint density at radius 2 is 1.88 bits per heavy atom. The third-order valence-corrected chi connectivity index (χ3v) is 2.25. The SMILES string of the molecule is CNc1cc(O)c(N)cc1Nc1ncccn1. The molecular weight excluding hydrogens is 218 g/mol. The minimum Gasteiger partial charge on any atom is -0.506 e. The first-order valence-electron chi connectivity index (χ1n) is 5.05. The van der Waals surface area contributed by atoms with Gasteiger partial charge in [-0.3, -0.25) is 0 Å². The largest absolute Gasteiger partial charge is 0.506 e. The number of rotatable bonds is 3. The minimum absolute atomic E-state index is 0.0360. The van der Waals surface area contributed by atoms with Crippen molar-refractivity contribution < 1.29 is 5.11 Å². The highest BCUT2D eigenvalue weighted by atomic mass is 16.3. The normalized spacial score (nSPS) is 9.94. The molecule has 0 bridgehead atoms.